The molecule has 2 rings (SSSR count). The fourth-order valence-corrected chi connectivity index (χ4v) is 3.24. The van der Waals surface area contributed by atoms with Crippen LogP contribution in [0.2, 0.25) is 10.0 Å². The zero-order valence-electron chi connectivity index (χ0n) is 12.1. The highest BCUT2D eigenvalue weighted by Crippen LogP contribution is 2.14. The molecule has 0 aliphatic carbocycles. The van der Waals surface area contributed by atoms with Crippen molar-refractivity contribution < 1.29 is 13.2 Å². The van der Waals surface area contributed by atoms with Gasteiger partial charge in [-0.05, 0) is 54.8 Å². The Bertz CT molecular complexity index is 772. The summed E-state index contributed by atoms with van der Waals surface area (Å²) in [5.41, 5.74) is 1.04. The number of hydrogen-bond donors (Lipinski definition) is 1. The zero-order valence-corrected chi connectivity index (χ0v) is 14.5. The van der Waals surface area contributed by atoms with Crippen molar-refractivity contribution in [2.45, 2.75) is 24.2 Å². The predicted molar refractivity (Wildman–Crippen MR) is 91.2 cm³/mol. The van der Waals surface area contributed by atoms with Crippen LogP contribution in [0.1, 0.15) is 18.4 Å². The number of hydrogen-bond acceptors (Lipinski definition) is 3. The van der Waals surface area contributed by atoms with Gasteiger partial charge in [-0.2, -0.15) is 0 Å². The van der Waals surface area contributed by atoms with Crippen LogP contribution in [0.15, 0.2) is 53.4 Å². The quantitative estimate of drug-likeness (QED) is 0.839. The minimum Gasteiger partial charge on any atom is -0.274 e. The molecule has 0 aliphatic heterocycles. The van der Waals surface area contributed by atoms with E-state index in [1.54, 1.807) is 12.1 Å². The highest BCUT2D eigenvalue weighted by Gasteiger charge is 2.17. The summed E-state index contributed by atoms with van der Waals surface area (Å²) < 4.78 is 26.1. The van der Waals surface area contributed by atoms with E-state index in [1.807, 2.05) is 12.1 Å². The molecule has 4 nitrogen and oxygen atoms in total. The topological polar surface area (TPSA) is 63.2 Å². The van der Waals surface area contributed by atoms with E-state index < -0.39 is 15.9 Å². The SMILES string of the molecule is O=C(CCCc1ccc(Cl)cc1)NS(=O)(=O)c1ccc(Cl)cc1. The Hall–Kier alpha value is -1.56. The van der Waals surface area contributed by atoms with Gasteiger partial charge in [0.25, 0.3) is 10.0 Å². The van der Waals surface area contributed by atoms with Gasteiger partial charge in [0.05, 0.1) is 4.90 Å². The molecular weight excluding hydrogens is 357 g/mol. The molecule has 0 heterocycles. The molecule has 1 amide bonds. The lowest BCUT2D eigenvalue weighted by atomic mass is 10.1. The molecule has 2 aromatic carbocycles. The Labute approximate surface area is 145 Å². The first kappa shape index (κ1) is 17.8. The average molecular weight is 372 g/mol. The fourth-order valence-electron chi connectivity index (χ4n) is 1.98. The molecule has 0 aromatic heterocycles. The van der Waals surface area contributed by atoms with Gasteiger partial charge in [0, 0.05) is 16.5 Å². The largest absolute Gasteiger partial charge is 0.274 e. The van der Waals surface area contributed by atoms with Gasteiger partial charge in [0.1, 0.15) is 0 Å². The predicted octanol–water partition coefficient (Wildman–Crippen LogP) is 3.82. The number of amides is 1. The Morgan fingerprint density at radius 2 is 1.43 bits per heavy atom. The highest BCUT2D eigenvalue weighted by molar-refractivity contribution is 7.90. The summed E-state index contributed by atoms with van der Waals surface area (Å²) >= 11 is 11.5. The standard InChI is InChI=1S/C16H15Cl2NO3S/c17-13-6-4-12(5-7-13)2-1-3-16(20)19-23(21,22)15-10-8-14(18)9-11-15/h4-11H,1-3H2,(H,19,20). The van der Waals surface area contributed by atoms with Gasteiger partial charge in [0.15, 0.2) is 0 Å². The zero-order chi connectivity index (χ0) is 16.9. The molecule has 0 saturated heterocycles. The minimum absolute atomic E-state index is 0.00736. The van der Waals surface area contributed by atoms with Crippen LogP contribution in [-0.4, -0.2) is 14.3 Å². The molecule has 0 unspecified atom stereocenters. The van der Waals surface area contributed by atoms with Gasteiger partial charge in [-0.3, -0.25) is 4.79 Å². The van der Waals surface area contributed by atoms with Crippen LogP contribution in [0.5, 0.6) is 0 Å². The maximum Gasteiger partial charge on any atom is 0.264 e. The molecule has 0 atom stereocenters. The highest BCUT2D eigenvalue weighted by atomic mass is 35.5. The maximum atomic E-state index is 12.0. The first-order valence-corrected chi connectivity index (χ1v) is 9.16. The molecule has 1 N–H and O–H groups in total. The molecule has 122 valence electrons. The molecule has 0 aliphatic rings. The Kier molecular flexibility index (Phi) is 6.04. The first-order chi connectivity index (χ1) is 10.9. The summed E-state index contributed by atoms with van der Waals surface area (Å²) in [4.78, 5) is 11.8. The van der Waals surface area contributed by atoms with Crippen molar-refractivity contribution in [3.05, 3.63) is 64.1 Å². The lowest BCUT2D eigenvalue weighted by Gasteiger charge is -2.07. The smallest absolute Gasteiger partial charge is 0.264 e. The number of carbonyl (C=O) groups excluding carboxylic acids is 1. The van der Waals surface area contributed by atoms with Crippen LogP contribution in [0.4, 0.5) is 0 Å². The van der Waals surface area contributed by atoms with Gasteiger partial charge in [0.2, 0.25) is 5.91 Å². The number of nitrogens with one attached hydrogen (secondary N) is 1. The van der Waals surface area contributed by atoms with E-state index in [0.717, 1.165) is 5.56 Å². The molecule has 0 radical (unpaired) electrons. The van der Waals surface area contributed by atoms with Crippen LogP contribution in [0, 0.1) is 0 Å². The van der Waals surface area contributed by atoms with E-state index in [4.69, 9.17) is 23.2 Å². The maximum absolute atomic E-state index is 12.0. The third-order valence-electron chi connectivity index (χ3n) is 3.15. The second-order valence-electron chi connectivity index (χ2n) is 4.96. The minimum atomic E-state index is -3.85. The van der Waals surface area contributed by atoms with Crippen LogP contribution in [0.25, 0.3) is 0 Å². The normalized spacial score (nSPS) is 11.2. The molecule has 0 fully saturated rings. The van der Waals surface area contributed by atoms with Crippen molar-refractivity contribution in [1.29, 1.82) is 0 Å². The molecular formula is C16H15Cl2NO3S. The summed E-state index contributed by atoms with van der Waals surface area (Å²) in [5.74, 6) is -0.533. The number of halogens is 2. The molecule has 0 bridgehead atoms. The number of carbonyl (C=O) groups is 1. The average Bonchev–Trinajstić information content (AvgIpc) is 2.49. The van der Waals surface area contributed by atoms with Crippen molar-refractivity contribution >= 4 is 39.1 Å². The number of benzene rings is 2. The van der Waals surface area contributed by atoms with Crippen LogP contribution in [-0.2, 0) is 21.2 Å². The van der Waals surface area contributed by atoms with Crippen molar-refractivity contribution in [2.24, 2.45) is 0 Å². The second kappa shape index (κ2) is 7.81. The van der Waals surface area contributed by atoms with Crippen LogP contribution < -0.4 is 4.72 Å². The third-order valence-corrected chi connectivity index (χ3v) is 5.05. The van der Waals surface area contributed by atoms with Crippen molar-refractivity contribution in [1.82, 2.24) is 4.72 Å². The van der Waals surface area contributed by atoms with Gasteiger partial charge in [-0.1, -0.05) is 35.3 Å². The van der Waals surface area contributed by atoms with E-state index in [-0.39, 0.29) is 11.3 Å². The summed E-state index contributed by atoms with van der Waals surface area (Å²) in [6, 6.07) is 12.9. The van der Waals surface area contributed by atoms with Gasteiger partial charge in [-0.25, -0.2) is 13.1 Å². The molecule has 23 heavy (non-hydrogen) atoms. The first-order valence-electron chi connectivity index (χ1n) is 6.92. The van der Waals surface area contributed by atoms with Gasteiger partial charge < -0.3 is 0 Å². The second-order valence-corrected chi connectivity index (χ2v) is 7.52. The lowest BCUT2D eigenvalue weighted by molar-refractivity contribution is -0.119. The summed E-state index contributed by atoms with van der Waals surface area (Å²) in [6.07, 6.45) is 1.34. The van der Waals surface area contributed by atoms with E-state index in [0.29, 0.717) is 22.9 Å². The lowest BCUT2D eigenvalue weighted by Crippen LogP contribution is -2.30. The molecule has 2 aromatic rings. The molecule has 7 heteroatoms. The van der Waals surface area contributed by atoms with E-state index >= 15 is 0 Å². The number of rotatable bonds is 6. The van der Waals surface area contributed by atoms with Crippen molar-refractivity contribution in [3.8, 4) is 0 Å². The number of sulfonamides is 1. The summed E-state index contributed by atoms with van der Waals surface area (Å²) in [6.45, 7) is 0. The summed E-state index contributed by atoms with van der Waals surface area (Å²) in [7, 11) is -3.85. The van der Waals surface area contributed by atoms with Crippen LogP contribution in [0.3, 0.4) is 0 Å². The Morgan fingerprint density at radius 1 is 0.913 bits per heavy atom. The Morgan fingerprint density at radius 3 is 2.00 bits per heavy atom. The van der Waals surface area contributed by atoms with Crippen molar-refractivity contribution in [3.63, 3.8) is 0 Å². The molecule has 0 spiro atoms. The van der Waals surface area contributed by atoms with Crippen LogP contribution >= 0.6 is 23.2 Å². The fraction of sp³-hybridized carbons (Fsp3) is 0.188. The van der Waals surface area contributed by atoms with Gasteiger partial charge in [-0.15, -0.1) is 0 Å². The van der Waals surface area contributed by atoms with Gasteiger partial charge >= 0.3 is 0 Å². The third kappa shape index (κ3) is 5.53. The van der Waals surface area contributed by atoms with E-state index in [2.05, 4.69) is 4.72 Å². The monoisotopic (exact) mass is 371 g/mol. The Balaban J connectivity index is 1.86. The van der Waals surface area contributed by atoms with E-state index in [9.17, 15) is 13.2 Å². The van der Waals surface area contributed by atoms with E-state index in [1.165, 1.54) is 24.3 Å². The molecule has 0 saturated carbocycles. The number of aryl methyl sites for hydroxylation is 1. The summed E-state index contributed by atoms with van der Waals surface area (Å²) in [5, 5.41) is 1.08. The van der Waals surface area contributed by atoms with Crippen molar-refractivity contribution in [2.75, 3.05) is 0 Å².